The molecule has 1 saturated heterocycles. The molecule has 5 nitrogen and oxygen atoms in total. The van der Waals surface area contributed by atoms with Gasteiger partial charge >= 0.3 is 0 Å². The van der Waals surface area contributed by atoms with Gasteiger partial charge < -0.3 is 14.6 Å². The largest absolute Gasteiger partial charge is 0.550 e. The van der Waals surface area contributed by atoms with E-state index in [0.29, 0.717) is 12.7 Å². The summed E-state index contributed by atoms with van der Waals surface area (Å²) in [7, 11) is 1.81. The number of hydrogen-bond donors (Lipinski definition) is 1. The predicted molar refractivity (Wildman–Crippen MR) is 91.1 cm³/mol. The lowest BCUT2D eigenvalue weighted by Crippen LogP contribution is -3.26. The highest BCUT2D eigenvalue weighted by Crippen LogP contribution is 2.25. The van der Waals surface area contributed by atoms with Crippen LogP contribution >= 0.6 is 0 Å². The minimum Gasteiger partial charge on any atom is -0.550 e. The van der Waals surface area contributed by atoms with Gasteiger partial charge in [0, 0.05) is 25.9 Å². The van der Waals surface area contributed by atoms with Gasteiger partial charge in [-0.25, -0.2) is 0 Å². The maximum atomic E-state index is 8.89. The average Bonchev–Trinajstić information content (AvgIpc) is 2.45. The number of hydrogen-bond acceptors (Lipinski definition) is 4. The number of carbonyl (C=O) groups excluding carboxylic acids is 1. The smallest absolute Gasteiger partial charge is 0.131 e. The van der Waals surface area contributed by atoms with Crippen molar-refractivity contribution in [3.05, 3.63) is 35.9 Å². The lowest BCUT2D eigenvalue weighted by atomic mass is 9.80. The summed E-state index contributed by atoms with van der Waals surface area (Å²) in [5, 5.41) is 10.1. The molecule has 1 heterocycles. The van der Waals surface area contributed by atoms with Crippen LogP contribution in [0.3, 0.4) is 0 Å². The Bertz CT molecular complexity index is 491. The molecule has 1 aromatic carbocycles. The Labute approximate surface area is 145 Å². The number of carbonyl (C=O) groups is 1. The van der Waals surface area contributed by atoms with E-state index in [1.165, 1.54) is 10.6 Å². The predicted octanol–water partition coefficient (Wildman–Crippen LogP) is 1.13. The molecule has 1 aliphatic rings. The van der Waals surface area contributed by atoms with E-state index >= 15 is 0 Å². The highest BCUT2D eigenvalue weighted by Gasteiger charge is 2.51. The molecular formula is C19H31NO4. The number of hydroxylamine groups is 2. The van der Waals surface area contributed by atoms with Crippen LogP contribution in [0, 0.1) is 0 Å². The molecule has 0 aliphatic carbocycles. The Kier molecular flexibility index (Phi) is 7.39. The first-order valence-electron chi connectivity index (χ1n) is 8.33. The summed E-state index contributed by atoms with van der Waals surface area (Å²) in [5.41, 5.74) is 1.33. The van der Waals surface area contributed by atoms with Crippen molar-refractivity contribution in [2.24, 2.45) is 0 Å². The Morgan fingerprint density at radius 1 is 1.17 bits per heavy atom. The molecule has 0 saturated carbocycles. The van der Waals surface area contributed by atoms with E-state index in [9.17, 15) is 0 Å². The molecule has 0 radical (unpaired) electrons. The normalized spacial score (nSPS) is 24.6. The molecule has 1 aromatic rings. The zero-order valence-corrected chi connectivity index (χ0v) is 15.7. The first-order valence-corrected chi connectivity index (χ1v) is 8.33. The fraction of sp³-hybridized carbons (Fsp3) is 0.632. The zero-order valence-electron chi connectivity index (χ0n) is 15.7. The van der Waals surface area contributed by atoms with Crippen molar-refractivity contribution < 1.29 is 24.5 Å². The van der Waals surface area contributed by atoms with Crippen LogP contribution in [-0.2, 0) is 21.0 Å². The molecule has 1 fully saturated rings. The number of carboxylic acid groups (broad SMARTS) is 1. The minimum absolute atomic E-state index is 0.0528. The maximum absolute atomic E-state index is 8.89. The highest BCUT2D eigenvalue weighted by molar-refractivity contribution is 5.60. The molecule has 0 atom stereocenters. The first-order chi connectivity index (χ1) is 11.1. The summed E-state index contributed by atoms with van der Waals surface area (Å²) in [6, 6.07) is 10.4. The van der Waals surface area contributed by atoms with Crippen LogP contribution in [-0.4, -0.2) is 30.3 Å². The van der Waals surface area contributed by atoms with E-state index in [1.54, 1.807) is 0 Å². The summed E-state index contributed by atoms with van der Waals surface area (Å²) in [6.07, 6.45) is 2.37. The molecular weight excluding hydrogens is 306 g/mol. The summed E-state index contributed by atoms with van der Waals surface area (Å²) >= 11 is 0. The van der Waals surface area contributed by atoms with E-state index in [-0.39, 0.29) is 11.1 Å². The SMILES string of the molecule is CC(=O)[O-].COC1CC(C)(C)[NH+](OCc2ccccc2)C(C)(C)C1. The van der Waals surface area contributed by atoms with Gasteiger partial charge in [-0.1, -0.05) is 30.3 Å². The van der Waals surface area contributed by atoms with Gasteiger partial charge in [-0.2, -0.15) is 9.90 Å². The van der Waals surface area contributed by atoms with Gasteiger partial charge in [-0.3, -0.25) is 0 Å². The van der Waals surface area contributed by atoms with Crippen molar-refractivity contribution in [2.45, 2.75) is 71.2 Å². The van der Waals surface area contributed by atoms with E-state index < -0.39 is 5.97 Å². The zero-order chi connectivity index (χ0) is 18.4. The highest BCUT2D eigenvalue weighted by atomic mass is 16.7. The van der Waals surface area contributed by atoms with Gasteiger partial charge in [-0.05, 0) is 40.2 Å². The molecule has 136 valence electrons. The molecule has 0 amide bonds. The number of quaternary nitrogens is 1. The van der Waals surface area contributed by atoms with Crippen molar-refractivity contribution in [1.82, 2.24) is 0 Å². The van der Waals surface area contributed by atoms with Crippen molar-refractivity contribution in [2.75, 3.05) is 7.11 Å². The Morgan fingerprint density at radius 3 is 2.04 bits per heavy atom. The van der Waals surface area contributed by atoms with Crippen molar-refractivity contribution in [3.8, 4) is 0 Å². The number of aliphatic carboxylic acids is 1. The van der Waals surface area contributed by atoms with E-state index in [4.69, 9.17) is 19.5 Å². The lowest BCUT2D eigenvalue weighted by molar-refractivity contribution is -1.17. The quantitative estimate of drug-likeness (QED) is 0.894. The first kappa shape index (κ1) is 20.6. The van der Waals surface area contributed by atoms with Gasteiger partial charge in [0.25, 0.3) is 0 Å². The lowest BCUT2D eigenvalue weighted by Gasteiger charge is -2.49. The van der Waals surface area contributed by atoms with Gasteiger partial charge in [0.05, 0.1) is 6.10 Å². The second-order valence-electron chi connectivity index (χ2n) is 7.63. The number of ether oxygens (including phenoxy) is 1. The van der Waals surface area contributed by atoms with Gasteiger partial charge in [-0.15, -0.1) is 0 Å². The van der Waals surface area contributed by atoms with Crippen molar-refractivity contribution in [1.29, 1.82) is 0 Å². The van der Waals surface area contributed by atoms with Crippen LogP contribution in [0.25, 0.3) is 0 Å². The molecule has 24 heavy (non-hydrogen) atoms. The fourth-order valence-corrected chi connectivity index (χ4v) is 3.60. The molecule has 0 aromatic heterocycles. The van der Waals surface area contributed by atoms with Crippen LogP contribution in [0.5, 0.6) is 0 Å². The van der Waals surface area contributed by atoms with Gasteiger partial charge in [0.2, 0.25) is 0 Å². The molecule has 0 spiro atoms. The van der Waals surface area contributed by atoms with Gasteiger partial charge in [0.15, 0.2) is 0 Å². The Balaban J connectivity index is 0.000000648. The van der Waals surface area contributed by atoms with Crippen molar-refractivity contribution >= 4 is 5.97 Å². The third-order valence-corrected chi connectivity index (χ3v) is 4.26. The molecule has 2 rings (SSSR count). The maximum Gasteiger partial charge on any atom is 0.131 e. The monoisotopic (exact) mass is 337 g/mol. The summed E-state index contributed by atoms with van der Waals surface area (Å²) < 4.78 is 5.60. The third-order valence-electron chi connectivity index (χ3n) is 4.26. The number of nitrogens with one attached hydrogen (secondary N) is 1. The van der Waals surface area contributed by atoms with E-state index in [0.717, 1.165) is 19.8 Å². The second kappa shape index (κ2) is 8.60. The average molecular weight is 337 g/mol. The van der Waals surface area contributed by atoms with E-state index in [1.807, 2.05) is 13.2 Å². The van der Waals surface area contributed by atoms with Crippen LogP contribution in [0.2, 0.25) is 0 Å². The fourth-order valence-electron chi connectivity index (χ4n) is 3.60. The molecule has 0 unspecified atom stereocenters. The van der Waals surface area contributed by atoms with Gasteiger partial charge in [0.1, 0.15) is 17.7 Å². The third kappa shape index (κ3) is 6.23. The minimum atomic E-state index is -1.08. The number of rotatable bonds is 4. The summed E-state index contributed by atoms with van der Waals surface area (Å²) in [5.74, 6) is -1.08. The number of carboxylic acids is 1. The van der Waals surface area contributed by atoms with Crippen LogP contribution < -0.4 is 10.2 Å². The van der Waals surface area contributed by atoms with Crippen molar-refractivity contribution in [3.63, 3.8) is 0 Å². The van der Waals surface area contributed by atoms with Crippen LogP contribution in [0.4, 0.5) is 0 Å². The molecule has 1 N–H and O–H groups in total. The second-order valence-corrected chi connectivity index (χ2v) is 7.63. The van der Waals surface area contributed by atoms with Crippen LogP contribution in [0.1, 0.15) is 53.0 Å². The number of benzene rings is 1. The Morgan fingerprint density at radius 2 is 1.62 bits per heavy atom. The topological polar surface area (TPSA) is 63.0 Å². The standard InChI is InChI=1S/C17H27NO2.C2H4O2/c1-16(2)11-15(19-5)12-17(3,4)18(16)20-13-14-9-7-6-8-10-14;1-2(3)4/h6-10,15H,11-13H2,1-5H3;1H3,(H,3,4). The molecule has 1 aliphatic heterocycles. The number of piperidine rings is 1. The summed E-state index contributed by atoms with van der Waals surface area (Å²) in [6.45, 7) is 10.7. The Hall–Kier alpha value is -1.43. The van der Waals surface area contributed by atoms with E-state index in [2.05, 4.69) is 52.0 Å². The number of methoxy groups -OCH3 is 1. The molecule has 0 bridgehead atoms. The van der Waals surface area contributed by atoms with Crippen LogP contribution in [0.15, 0.2) is 30.3 Å². The summed E-state index contributed by atoms with van der Waals surface area (Å²) in [4.78, 5) is 15.1. The molecule has 5 heteroatoms.